The Bertz CT molecular complexity index is 835. The molecule has 1 aromatic rings. The van der Waals surface area contributed by atoms with Gasteiger partial charge in [0, 0.05) is 6.92 Å². The van der Waals surface area contributed by atoms with Crippen LogP contribution in [0.1, 0.15) is 54.0 Å². The lowest BCUT2D eigenvalue weighted by atomic mass is 9.98. The van der Waals surface area contributed by atoms with Crippen molar-refractivity contribution in [1.29, 1.82) is 0 Å². The topological polar surface area (TPSA) is 129 Å². The number of carbonyl (C=O) groups is 3. The highest BCUT2D eigenvalue weighted by Gasteiger charge is 2.34. The highest BCUT2D eigenvalue weighted by atomic mass is 31.2. The minimum absolute atomic E-state index is 0.0129. The van der Waals surface area contributed by atoms with E-state index in [9.17, 15) is 24.2 Å². The van der Waals surface area contributed by atoms with Gasteiger partial charge in [-0.15, -0.1) is 0 Å². The SMILES string of the molecule is CC(=O)N(O)Cc1ccccc1P(=O)(OCOC(=O)C(C)(C)C)OCOC(=O)C(C)(C)C. The summed E-state index contributed by atoms with van der Waals surface area (Å²) in [6.45, 7) is 9.34. The lowest BCUT2D eigenvalue weighted by Gasteiger charge is -2.24. The molecule has 10 nitrogen and oxygen atoms in total. The molecule has 0 aromatic heterocycles. The van der Waals surface area contributed by atoms with E-state index in [-0.39, 0.29) is 17.4 Å². The van der Waals surface area contributed by atoms with Crippen LogP contribution in [0.4, 0.5) is 0 Å². The van der Waals surface area contributed by atoms with Crippen molar-refractivity contribution >= 4 is 30.7 Å². The van der Waals surface area contributed by atoms with Crippen molar-refractivity contribution in [3.8, 4) is 0 Å². The standard InChI is InChI=1S/C21H32NO9P/c1-15(23)22(26)12-16-10-8-9-11-17(16)32(27,30-13-28-18(24)20(2,3)4)31-14-29-19(25)21(5,6)7/h8-11,26H,12-14H2,1-7H3. The number of carbonyl (C=O) groups excluding carboxylic acids is 3. The number of hydrogen-bond donors (Lipinski definition) is 1. The molecule has 0 atom stereocenters. The van der Waals surface area contributed by atoms with E-state index in [2.05, 4.69) is 0 Å². The maximum absolute atomic E-state index is 13.6. The molecule has 0 radical (unpaired) electrons. The molecule has 0 heterocycles. The quantitative estimate of drug-likeness (QED) is 0.189. The van der Waals surface area contributed by atoms with Gasteiger partial charge in [0.05, 0.1) is 22.7 Å². The van der Waals surface area contributed by atoms with Crippen molar-refractivity contribution in [1.82, 2.24) is 5.06 Å². The Balaban J connectivity index is 3.14. The average Bonchev–Trinajstić information content (AvgIpc) is 2.66. The summed E-state index contributed by atoms with van der Waals surface area (Å²) in [5, 5.41) is 10.3. The Morgan fingerprint density at radius 2 is 1.34 bits per heavy atom. The second-order valence-corrected chi connectivity index (χ2v) is 11.1. The highest BCUT2D eigenvalue weighted by Crippen LogP contribution is 2.48. The summed E-state index contributed by atoms with van der Waals surface area (Å²) in [4.78, 5) is 35.4. The van der Waals surface area contributed by atoms with Crippen LogP contribution in [0.5, 0.6) is 0 Å². The molecule has 0 aliphatic heterocycles. The van der Waals surface area contributed by atoms with Crippen LogP contribution in [0.25, 0.3) is 0 Å². The molecule has 1 N–H and O–H groups in total. The van der Waals surface area contributed by atoms with Gasteiger partial charge in [0.1, 0.15) is 0 Å². The highest BCUT2D eigenvalue weighted by molar-refractivity contribution is 7.62. The average molecular weight is 473 g/mol. The van der Waals surface area contributed by atoms with Gasteiger partial charge in [-0.25, -0.2) is 5.06 Å². The van der Waals surface area contributed by atoms with Gasteiger partial charge in [-0.1, -0.05) is 18.2 Å². The molecule has 180 valence electrons. The van der Waals surface area contributed by atoms with Gasteiger partial charge in [-0.2, -0.15) is 0 Å². The number of amides is 1. The fourth-order valence-electron chi connectivity index (χ4n) is 2.09. The predicted molar refractivity (Wildman–Crippen MR) is 115 cm³/mol. The molecule has 32 heavy (non-hydrogen) atoms. The van der Waals surface area contributed by atoms with Gasteiger partial charge >= 0.3 is 19.5 Å². The van der Waals surface area contributed by atoms with Crippen molar-refractivity contribution < 1.29 is 42.7 Å². The predicted octanol–water partition coefficient (Wildman–Crippen LogP) is 3.37. The van der Waals surface area contributed by atoms with Gasteiger partial charge < -0.3 is 9.47 Å². The Hall–Kier alpha value is -2.26. The molecule has 0 aliphatic rings. The van der Waals surface area contributed by atoms with Crippen LogP contribution >= 0.6 is 7.60 Å². The first-order chi connectivity index (χ1) is 14.6. The number of hydroxylamine groups is 2. The van der Waals surface area contributed by atoms with Crippen molar-refractivity contribution in [3.05, 3.63) is 29.8 Å². The summed E-state index contributed by atoms with van der Waals surface area (Å²) in [7, 11) is -4.22. The molecular weight excluding hydrogens is 441 g/mol. The molecule has 1 aromatic carbocycles. The van der Waals surface area contributed by atoms with Crippen molar-refractivity contribution in [2.75, 3.05) is 13.6 Å². The molecule has 0 saturated carbocycles. The molecule has 0 saturated heterocycles. The van der Waals surface area contributed by atoms with Gasteiger partial charge in [0.15, 0.2) is 0 Å². The van der Waals surface area contributed by atoms with Gasteiger partial charge in [-0.3, -0.25) is 33.2 Å². The summed E-state index contributed by atoms with van der Waals surface area (Å²) < 4.78 is 34.4. The summed E-state index contributed by atoms with van der Waals surface area (Å²) >= 11 is 0. The molecular formula is C21H32NO9P. The molecule has 1 rings (SSSR count). The largest absolute Gasteiger partial charge is 0.438 e. The number of hydrogen-bond acceptors (Lipinski definition) is 9. The van der Waals surface area contributed by atoms with Crippen LogP contribution in [0.2, 0.25) is 0 Å². The molecule has 0 aliphatic carbocycles. The summed E-state index contributed by atoms with van der Waals surface area (Å²) in [6.07, 6.45) is 0. The van der Waals surface area contributed by atoms with Crippen molar-refractivity contribution in [2.24, 2.45) is 10.8 Å². The number of nitrogens with zero attached hydrogens (tertiary/aromatic N) is 1. The third-order valence-electron chi connectivity index (χ3n) is 4.02. The molecule has 0 unspecified atom stereocenters. The lowest BCUT2D eigenvalue weighted by Crippen LogP contribution is -2.29. The molecule has 0 bridgehead atoms. The first-order valence-electron chi connectivity index (χ1n) is 9.87. The van der Waals surface area contributed by atoms with E-state index in [1.807, 2.05) is 0 Å². The molecule has 11 heteroatoms. The maximum Gasteiger partial charge on any atom is 0.367 e. The Morgan fingerprint density at radius 3 is 1.75 bits per heavy atom. The van der Waals surface area contributed by atoms with E-state index < -0.39 is 49.9 Å². The van der Waals surface area contributed by atoms with E-state index in [1.54, 1.807) is 53.7 Å². The Labute approximate surface area is 188 Å². The zero-order valence-electron chi connectivity index (χ0n) is 19.5. The van der Waals surface area contributed by atoms with E-state index in [1.165, 1.54) is 12.1 Å². The van der Waals surface area contributed by atoms with E-state index in [4.69, 9.17) is 18.5 Å². The fourth-order valence-corrected chi connectivity index (χ4v) is 3.59. The van der Waals surface area contributed by atoms with Crippen LogP contribution in [0.15, 0.2) is 24.3 Å². The summed E-state index contributed by atoms with van der Waals surface area (Å²) in [5.41, 5.74) is -1.36. The zero-order chi connectivity index (χ0) is 24.7. The first-order valence-corrected chi connectivity index (χ1v) is 11.4. The Morgan fingerprint density at radius 1 is 0.906 bits per heavy atom. The van der Waals surface area contributed by atoms with Crippen LogP contribution in [-0.2, 0) is 44.0 Å². The molecule has 1 amide bonds. The van der Waals surface area contributed by atoms with Crippen molar-refractivity contribution in [3.63, 3.8) is 0 Å². The van der Waals surface area contributed by atoms with E-state index in [0.29, 0.717) is 5.06 Å². The summed E-state index contributed by atoms with van der Waals surface area (Å²) in [5.74, 6) is -1.81. The second kappa shape index (κ2) is 11.0. The number of esters is 2. The number of benzene rings is 1. The zero-order valence-corrected chi connectivity index (χ0v) is 20.4. The van der Waals surface area contributed by atoms with E-state index >= 15 is 0 Å². The third-order valence-corrected chi connectivity index (χ3v) is 5.94. The summed E-state index contributed by atoms with van der Waals surface area (Å²) in [6, 6.07) is 6.09. The van der Waals surface area contributed by atoms with Gasteiger partial charge in [-0.05, 0) is 53.2 Å². The minimum atomic E-state index is -4.22. The van der Waals surface area contributed by atoms with Crippen LogP contribution < -0.4 is 5.30 Å². The maximum atomic E-state index is 13.6. The monoisotopic (exact) mass is 473 g/mol. The van der Waals surface area contributed by atoms with Gasteiger partial charge in [0.25, 0.3) is 0 Å². The molecule has 0 fully saturated rings. The third kappa shape index (κ3) is 8.35. The Kier molecular flexibility index (Phi) is 9.59. The molecule has 0 spiro atoms. The van der Waals surface area contributed by atoms with Crippen LogP contribution in [0, 0.1) is 10.8 Å². The number of rotatable bonds is 9. The first kappa shape index (κ1) is 27.8. The smallest absolute Gasteiger partial charge is 0.367 e. The fraction of sp³-hybridized carbons (Fsp3) is 0.571. The second-order valence-electron chi connectivity index (χ2n) is 9.06. The van der Waals surface area contributed by atoms with Crippen molar-refractivity contribution in [2.45, 2.75) is 55.0 Å². The van der Waals surface area contributed by atoms with E-state index in [0.717, 1.165) is 6.92 Å². The van der Waals surface area contributed by atoms with Gasteiger partial charge in [0.2, 0.25) is 19.5 Å². The lowest BCUT2D eigenvalue weighted by molar-refractivity contribution is -0.165. The van der Waals surface area contributed by atoms with Crippen LogP contribution in [-0.4, -0.2) is 41.7 Å². The normalized spacial score (nSPS) is 12.2. The minimum Gasteiger partial charge on any atom is -0.438 e. The van der Waals surface area contributed by atoms with Crippen LogP contribution in [0.3, 0.4) is 0 Å². The number of ether oxygens (including phenoxy) is 2.